The number of hydrogen-bond donors (Lipinski definition) is 1. The van der Waals surface area contributed by atoms with Crippen molar-refractivity contribution >= 4 is 17.2 Å². The fourth-order valence-electron chi connectivity index (χ4n) is 2.49. The molecular formula is C15H16FN3OS. The summed E-state index contributed by atoms with van der Waals surface area (Å²) in [5.41, 5.74) is 6.75. The van der Waals surface area contributed by atoms with Crippen LogP contribution in [0.1, 0.15) is 21.9 Å². The number of aryl methyl sites for hydroxylation is 1. The van der Waals surface area contributed by atoms with Crippen LogP contribution in [0.3, 0.4) is 0 Å². The van der Waals surface area contributed by atoms with Crippen molar-refractivity contribution in [2.75, 3.05) is 13.1 Å². The lowest BCUT2D eigenvalue weighted by atomic mass is 10.0. The first kappa shape index (κ1) is 14.2. The molecule has 1 amide bonds. The van der Waals surface area contributed by atoms with Crippen molar-refractivity contribution in [3.8, 4) is 10.4 Å². The van der Waals surface area contributed by atoms with E-state index in [1.165, 1.54) is 23.5 Å². The highest BCUT2D eigenvalue weighted by Gasteiger charge is 2.34. The second-order valence-corrected chi connectivity index (χ2v) is 6.30. The normalized spacial score (nSPS) is 17.7. The number of benzene rings is 1. The third-order valence-electron chi connectivity index (χ3n) is 3.70. The molecular weight excluding hydrogens is 289 g/mol. The zero-order valence-corrected chi connectivity index (χ0v) is 12.5. The lowest BCUT2D eigenvalue weighted by Gasteiger charge is -2.40. The van der Waals surface area contributed by atoms with Crippen LogP contribution in [0.2, 0.25) is 0 Å². The van der Waals surface area contributed by atoms with Crippen LogP contribution in [0.15, 0.2) is 24.3 Å². The van der Waals surface area contributed by atoms with Crippen LogP contribution in [0, 0.1) is 12.7 Å². The molecule has 1 aliphatic rings. The molecule has 1 aromatic carbocycles. The van der Waals surface area contributed by atoms with Crippen molar-refractivity contribution in [2.24, 2.45) is 5.73 Å². The zero-order valence-electron chi connectivity index (χ0n) is 11.7. The Morgan fingerprint density at radius 1 is 1.57 bits per heavy atom. The maximum absolute atomic E-state index is 13.4. The predicted octanol–water partition coefficient (Wildman–Crippen LogP) is 2.43. The van der Waals surface area contributed by atoms with Gasteiger partial charge in [0.25, 0.3) is 5.91 Å². The van der Waals surface area contributed by atoms with E-state index in [4.69, 9.17) is 5.73 Å². The number of hydrogen-bond acceptors (Lipinski definition) is 4. The molecule has 0 saturated carbocycles. The molecule has 1 atom stereocenters. The van der Waals surface area contributed by atoms with Gasteiger partial charge in [0.2, 0.25) is 0 Å². The third kappa shape index (κ3) is 2.56. The molecule has 0 spiro atoms. The summed E-state index contributed by atoms with van der Waals surface area (Å²) in [6, 6.07) is 6.35. The Labute approximate surface area is 126 Å². The van der Waals surface area contributed by atoms with E-state index in [2.05, 4.69) is 4.98 Å². The van der Waals surface area contributed by atoms with Gasteiger partial charge in [0.15, 0.2) is 0 Å². The van der Waals surface area contributed by atoms with E-state index >= 15 is 0 Å². The van der Waals surface area contributed by atoms with Gasteiger partial charge in [0, 0.05) is 19.1 Å². The Hall–Kier alpha value is -1.79. The number of nitrogens with two attached hydrogens (primary N) is 1. The molecule has 0 radical (unpaired) electrons. The van der Waals surface area contributed by atoms with Crippen molar-refractivity contribution in [3.05, 3.63) is 40.8 Å². The van der Waals surface area contributed by atoms with E-state index in [-0.39, 0.29) is 17.8 Å². The van der Waals surface area contributed by atoms with Crippen LogP contribution in [0.5, 0.6) is 0 Å². The Bertz CT molecular complexity index is 683. The third-order valence-corrected chi connectivity index (χ3v) is 4.72. The van der Waals surface area contributed by atoms with E-state index in [0.717, 1.165) is 16.3 Å². The Morgan fingerprint density at radius 2 is 2.38 bits per heavy atom. The lowest BCUT2D eigenvalue weighted by Crippen LogP contribution is -2.54. The molecule has 6 heteroatoms. The van der Waals surface area contributed by atoms with E-state index in [9.17, 15) is 9.18 Å². The van der Waals surface area contributed by atoms with Crippen molar-refractivity contribution in [1.29, 1.82) is 0 Å². The van der Waals surface area contributed by atoms with Crippen LogP contribution >= 0.6 is 11.3 Å². The van der Waals surface area contributed by atoms with Crippen LogP contribution in [-0.2, 0) is 0 Å². The van der Waals surface area contributed by atoms with Crippen molar-refractivity contribution in [1.82, 2.24) is 9.88 Å². The number of nitrogens with zero attached hydrogens (tertiary/aromatic N) is 2. The highest BCUT2D eigenvalue weighted by atomic mass is 32.1. The smallest absolute Gasteiger partial charge is 0.274 e. The first-order valence-corrected chi connectivity index (χ1v) is 7.66. The van der Waals surface area contributed by atoms with E-state index in [1.807, 2.05) is 6.92 Å². The summed E-state index contributed by atoms with van der Waals surface area (Å²) in [5, 5.41) is 0.794. The second kappa shape index (κ2) is 5.54. The number of thiazole rings is 1. The lowest BCUT2D eigenvalue weighted by molar-refractivity contribution is 0.0477. The average molecular weight is 305 g/mol. The van der Waals surface area contributed by atoms with Crippen molar-refractivity contribution < 1.29 is 9.18 Å². The molecule has 21 heavy (non-hydrogen) atoms. The second-order valence-electron chi connectivity index (χ2n) is 5.10. The van der Waals surface area contributed by atoms with Gasteiger partial charge in [-0.2, -0.15) is 0 Å². The van der Waals surface area contributed by atoms with Crippen LogP contribution < -0.4 is 5.73 Å². The number of carbonyl (C=O) groups is 1. The number of likely N-dealkylation sites (tertiary alicyclic amines) is 1. The van der Waals surface area contributed by atoms with E-state index < -0.39 is 0 Å². The largest absolute Gasteiger partial charge is 0.333 e. The molecule has 1 saturated heterocycles. The molecule has 0 aliphatic carbocycles. The molecule has 3 rings (SSSR count). The molecule has 1 unspecified atom stereocenters. The number of aromatic nitrogens is 1. The van der Waals surface area contributed by atoms with Gasteiger partial charge in [-0.15, -0.1) is 11.3 Å². The Morgan fingerprint density at radius 3 is 3.00 bits per heavy atom. The molecule has 2 heterocycles. The van der Waals surface area contributed by atoms with Crippen LogP contribution in [-0.4, -0.2) is 34.9 Å². The molecule has 1 fully saturated rings. The van der Waals surface area contributed by atoms with Gasteiger partial charge in [-0.3, -0.25) is 4.79 Å². The van der Waals surface area contributed by atoms with Gasteiger partial charge in [-0.1, -0.05) is 12.1 Å². The fraction of sp³-hybridized carbons (Fsp3) is 0.333. The highest BCUT2D eigenvalue weighted by Crippen LogP contribution is 2.32. The first-order chi connectivity index (χ1) is 10.1. The molecule has 2 aromatic rings. The average Bonchev–Trinajstić information content (AvgIpc) is 2.80. The van der Waals surface area contributed by atoms with Gasteiger partial charge in [-0.25, -0.2) is 9.37 Å². The highest BCUT2D eigenvalue weighted by molar-refractivity contribution is 7.15. The summed E-state index contributed by atoms with van der Waals surface area (Å²) in [5.74, 6) is -0.430. The first-order valence-electron chi connectivity index (χ1n) is 6.84. The SMILES string of the molecule is Cc1nc(C(=O)N2CCC2CN)c(-c2cccc(F)c2)s1. The molecule has 0 bridgehead atoms. The van der Waals surface area contributed by atoms with E-state index in [1.54, 1.807) is 17.0 Å². The van der Waals surface area contributed by atoms with E-state index in [0.29, 0.717) is 24.3 Å². The standard InChI is InChI=1S/C15H16FN3OS/c1-9-18-13(15(20)19-6-5-12(19)8-17)14(21-9)10-3-2-4-11(16)7-10/h2-4,7,12H,5-6,8,17H2,1H3. The quantitative estimate of drug-likeness (QED) is 0.947. The number of amides is 1. The van der Waals surface area contributed by atoms with Gasteiger partial charge in [0.05, 0.1) is 9.88 Å². The number of carbonyl (C=O) groups excluding carboxylic acids is 1. The molecule has 1 aromatic heterocycles. The van der Waals surface area contributed by atoms with Gasteiger partial charge in [0.1, 0.15) is 11.5 Å². The Kier molecular flexibility index (Phi) is 3.73. The summed E-state index contributed by atoms with van der Waals surface area (Å²) in [6.45, 7) is 3.02. The topological polar surface area (TPSA) is 59.2 Å². The van der Waals surface area contributed by atoms with Crippen molar-refractivity contribution in [3.63, 3.8) is 0 Å². The minimum Gasteiger partial charge on any atom is -0.333 e. The number of rotatable bonds is 3. The summed E-state index contributed by atoms with van der Waals surface area (Å²) in [7, 11) is 0. The van der Waals surface area contributed by atoms with Crippen molar-refractivity contribution in [2.45, 2.75) is 19.4 Å². The molecule has 2 N–H and O–H groups in total. The molecule has 4 nitrogen and oxygen atoms in total. The minimum absolute atomic E-state index is 0.0971. The summed E-state index contributed by atoms with van der Waals surface area (Å²) in [4.78, 5) is 19.4. The summed E-state index contributed by atoms with van der Waals surface area (Å²) < 4.78 is 13.4. The van der Waals surface area contributed by atoms with Crippen LogP contribution in [0.25, 0.3) is 10.4 Å². The monoisotopic (exact) mass is 305 g/mol. The van der Waals surface area contributed by atoms with Crippen LogP contribution in [0.4, 0.5) is 4.39 Å². The summed E-state index contributed by atoms with van der Waals surface area (Å²) >= 11 is 1.41. The van der Waals surface area contributed by atoms with Gasteiger partial charge >= 0.3 is 0 Å². The minimum atomic E-state index is -0.319. The zero-order chi connectivity index (χ0) is 15.0. The molecule has 1 aliphatic heterocycles. The summed E-state index contributed by atoms with van der Waals surface area (Å²) in [6.07, 6.45) is 0.931. The Balaban J connectivity index is 1.98. The predicted molar refractivity (Wildman–Crippen MR) is 80.7 cm³/mol. The number of halogens is 1. The van der Waals surface area contributed by atoms with Gasteiger partial charge < -0.3 is 10.6 Å². The maximum Gasteiger partial charge on any atom is 0.274 e. The fourth-order valence-corrected chi connectivity index (χ4v) is 3.39. The van der Waals surface area contributed by atoms with Gasteiger partial charge in [-0.05, 0) is 31.0 Å². The maximum atomic E-state index is 13.4. The molecule has 110 valence electrons.